The van der Waals surface area contributed by atoms with Gasteiger partial charge in [0.1, 0.15) is 0 Å². The smallest absolute Gasteiger partial charge is 0.344 e. The zero-order chi connectivity index (χ0) is 18.2. The molecule has 0 radical (unpaired) electrons. The Hall–Kier alpha value is -2.54. The average Bonchev–Trinajstić information content (AvgIpc) is 3.11. The Morgan fingerprint density at radius 2 is 2.04 bits per heavy atom. The van der Waals surface area contributed by atoms with Crippen LogP contribution in [-0.2, 0) is 20.9 Å². The number of hydrogen-bond acceptors (Lipinski definition) is 6. The van der Waals surface area contributed by atoms with Gasteiger partial charge in [-0.25, -0.2) is 4.79 Å². The fraction of sp³-hybridized carbons (Fsp3) is 0.333. The molecule has 0 unspecified atom stereocenters. The highest BCUT2D eigenvalue weighted by Gasteiger charge is 2.18. The van der Waals surface area contributed by atoms with Crippen molar-refractivity contribution in [1.82, 2.24) is 5.32 Å². The molecule has 0 fully saturated rings. The first kappa shape index (κ1) is 18.8. The second kappa shape index (κ2) is 9.08. The topological polar surface area (TPSA) is 73.9 Å². The molecule has 0 aliphatic heterocycles. The molecule has 6 nitrogen and oxygen atoms in total. The van der Waals surface area contributed by atoms with Crippen LogP contribution in [0.4, 0.5) is 0 Å². The van der Waals surface area contributed by atoms with Gasteiger partial charge in [-0.15, -0.1) is 11.3 Å². The van der Waals surface area contributed by atoms with Crippen LogP contribution in [0.2, 0.25) is 0 Å². The Balaban J connectivity index is 1.78. The quantitative estimate of drug-likeness (QED) is 0.730. The van der Waals surface area contributed by atoms with E-state index in [2.05, 4.69) is 5.32 Å². The summed E-state index contributed by atoms with van der Waals surface area (Å²) in [5.74, 6) is 0.00505. The first-order valence-corrected chi connectivity index (χ1v) is 8.64. The highest BCUT2D eigenvalue weighted by Crippen LogP contribution is 2.27. The molecule has 1 aromatic heterocycles. The van der Waals surface area contributed by atoms with Crippen LogP contribution in [0.15, 0.2) is 35.7 Å². The van der Waals surface area contributed by atoms with Crippen LogP contribution < -0.4 is 14.8 Å². The van der Waals surface area contributed by atoms with Crippen LogP contribution in [0.25, 0.3) is 0 Å². The van der Waals surface area contributed by atoms with Gasteiger partial charge in [-0.3, -0.25) is 4.79 Å². The number of ether oxygens (including phenoxy) is 3. The number of hydrogen-bond donors (Lipinski definition) is 1. The van der Waals surface area contributed by atoms with Crippen molar-refractivity contribution in [2.75, 3.05) is 13.7 Å². The number of thiophene rings is 1. The summed E-state index contributed by atoms with van der Waals surface area (Å²) in [7, 11) is 1.53. The number of benzene rings is 1. The molecule has 2 rings (SSSR count). The molecule has 0 aliphatic rings. The van der Waals surface area contributed by atoms with Gasteiger partial charge in [0, 0.05) is 4.88 Å². The third-order valence-electron chi connectivity index (χ3n) is 3.36. The van der Waals surface area contributed by atoms with E-state index >= 15 is 0 Å². The lowest BCUT2D eigenvalue weighted by Crippen LogP contribution is -2.36. The van der Waals surface area contributed by atoms with Gasteiger partial charge in [0.25, 0.3) is 5.91 Å². The molecule has 1 amide bonds. The first-order chi connectivity index (χ1) is 12.0. The lowest BCUT2D eigenvalue weighted by Gasteiger charge is -2.14. The molecule has 0 saturated carbocycles. The van der Waals surface area contributed by atoms with Crippen LogP contribution in [0.1, 0.15) is 17.4 Å². The van der Waals surface area contributed by atoms with Gasteiger partial charge in [-0.2, -0.15) is 0 Å². The van der Waals surface area contributed by atoms with Crippen LogP contribution >= 0.6 is 11.3 Å². The van der Waals surface area contributed by atoms with E-state index in [1.807, 2.05) is 30.5 Å². The molecule has 1 heterocycles. The predicted molar refractivity (Wildman–Crippen MR) is 94.9 cm³/mol. The zero-order valence-electron chi connectivity index (χ0n) is 14.4. The molecule has 134 valence electrons. The van der Waals surface area contributed by atoms with Gasteiger partial charge in [-0.05, 0) is 43.0 Å². The molecule has 0 spiro atoms. The minimum absolute atomic E-state index is 0.304. The van der Waals surface area contributed by atoms with Crippen molar-refractivity contribution in [3.05, 3.63) is 46.2 Å². The molecule has 7 heteroatoms. The second-order valence-electron chi connectivity index (χ2n) is 5.37. The van der Waals surface area contributed by atoms with Crippen molar-refractivity contribution in [3.63, 3.8) is 0 Å². The minimum Gasteiger partial charge on any atom is -0.493 e. The summed E-state index contributed by atoms with van der Waals surface area (Å²) >= 11 is 1.55. The lowest BCUT2D eigenvalue weighted by molar-refractivity contribution is -0.156. The van der Waals surface area contributed by atoms with Gasteiger partial charge >= 0.3 is 5.97 Å². The van der Waals surface area contributed by atoms with Crippen LogP contribution in [0.3, 0.4) is 0 Å². The molecule has 25 heavy (non-hydrogen) atoms. The number of aryl methyl sites for hydroxylation is 1. The minimum atomic E-state index is -0.893. The van der Waals surface area contributed by atoms with E-state index in [-0.39, 0.29) is 12.5 Å². The van der Waals surface area contributed by atoms with E-state index in [1.165, 1.54) is 14.0 Å². The summed E-state index contributed by atoms with van der Waals surface area (Å²) in [5.41, 5.74) is 1.02. The second-order valence-corrected chi connectivity index (χ2v) is 6.40. The summed E-state index contributed by atoms with van der Waals surface area (Å²) in [6.45, 7) is 3.56. The van der Waals surface area contributed by atoms with Gasteiger partial charge < -0.3 is 19.5 Å². The van der Waals surface area contributed by atoms with E-state index in [9.17, 15) is 9.59 Å². The standard InChI is InChI=1S/C18H21NO5S/c1-12-6-7-15(16(9-12)22-3)23-11-17(20)24-13(2)18(21)19-10-14-5-4-8-25-14/h4-9,13H,10-11H2,1-3H3,(H,19,21)/t13-/m1/s1. The van der Waals surface area contributed by atoms with Crippen LogP contribution in [0.5, 0.6) is 11.5 Å². The molecule has 2 aromatic rings. The molecule has 0 aliphatic carbocycles. The number of carbonyl (C=O) groups excluding carboxylic acids is 2. The Kier molecular flexibility index (Phi) is 6.82. The highest BCUT2D eigenvalue weighted by atomic mass is 32.1. The number of nitrogens with one attached hydrogen (secondary N) is 1. The number of methoxy groups -OCH3 is 1. The maximum absolute atomic E-state index is 11.9. The fourth-order valence-electron chi connectivity index (χ4n) is 2.05. The largest absolute Gasteiger partial charge is 0.493 e. The van der Waals surface area contributed by atoms with E-state index in [4.69, 9.17) is 14.2 Å². The molecule has 0 saturated heterocycles. The lowest BCUT2D eigenvalue weighted by atomic mass is 10.2. The maximum Gasteiger partial charge on any atom is 0.344 e. The van der Waals surface area contributed by atoms with Crippen molar-refractivity contribution in [2.45, 2.75) is 26.5 Å². The Bertz CT molecular complexity index is 714. The number of carbonyl (C=O) groups is 2. The van der Waals surface area contributed by atoms with Crippen molar-refractivity contribution < 1.29 is 23.8 Å². The van der Waals surface area contributed by atoms with Crippen molar-refractivity contribution in [1.29, 1.82) is 0 Å². The summed E-state index contributed by atoms with van der Waals surface area (Å²) < 4.78 is 15.7. The molecular weight excluding hydrogens is 342 g/mol. The maximum atomic E-state index is 11.9. The van der Waals surface area contributed by atoms with E-state index in [1.54, 1.807) is 23.5 Å². The molecule has 0 bridgehead atoms. The zero-order valence-corrected chi connectivity index (χ0v) is 15.2. The molecule has 1 N–H and O–H groups in total. The van der Waals surface area contributed by atoms with Crippen molar-refractivity contribution >= 4 is 23.2 Å². The number of rotatable bonds is 8. The Labute approximate surface area is 150 Å². The SMILES string of the molecule is COc1cc(C)ccc1OCC(=O)O[C@H](C)C(=O)NCc1cccs1. The predicted octanol–water partition coefficient (Wildman–Crippen LogP) is 2.69. The van der Waals surface area contributed by atoms with E-state index < -0.39 is 12.1 Å². The number of esters is 1. The molecule has 1 aromatic carbocycles. The summed E-state index contributed by atoms with van der Waals surface area (Å²) in [6.07, 6.45) is -0.893. The molecular formula is C18H21NO5S. The highest BCUT2D eigenvalue weighted by molar-refractivity contribution is 7.09. The van der Waals surface area contributed by atoms with Gasteiger partial charge in [0.15, 0.2) is 24.2 Å². The van der Waals surface area contributed by atoms with E-state index in [0.717, 1.165) is 10.4 Å². The Morgan fingerprint density at radius 1 is 1.24 bits per heavy atom. The Morgan fingerprint density at radius 3 is 2.72 bits per heavy atom. The normalized spacial score (nSPS) is 11.5. The monoisotopic (exact) mass is 363 g/mol. The molecule has 1 atom stereocenters. The van der Waals surface area contributed by atoms with Gasteiger partial charge in [-0.1, -0.05) is 12.1 Å². The average molecular weight is 363 g/mol. The third kappa shape index (κ3) is 5.79. The van der Waals surface area contributed by atoms with Crippen molar-refractivity contribution in [2.24, 2.45) is 0 Å². The third-order valence-corrected chi connectivity index (χ3v) is 4.24. The van der Waals surface area contributed by atoms with Gasteiger partial charge in [0.2, 0.25) is 0 Å². The summed E-state index contributed by atoms with van der Waals surface area (Å²) in [4.78, 5) is 24.8. The van der Waals surface area contributed by atoms with Crippen LogP contribution in [0, 0.1) is 6.92 Å². The van der Waals surface area contributed by atoms with Gasteiger partial charge in [0.05, 0.1) is 13.7 Å². The first-order valence-electron chi connectivity index (χ1n) is 7.76. The van der Waals surface area contributed by atoms with Crippen molar-refractivity contribution in [3.8, 4) is 11.5 Å². The summed E-state index contributed by atoms with van der Waals surface area (Å²) in [6, 6.07) is 9.21. The fourth-order valence-corrected chi connectivity index (χ4v) is 2.69. The summed E-state index contributed by atoms with van der Waals surface area (Å²) in [5, 5.41) is 4.65. The number of amides is 1. The van der Waals surface area contributed by atoms with E-state index in [0.29, 0.717) is 18.0 Å². The van der Waals surface area contributed by atoms with Crippen LogP contribution in [-0.4, -0.2) is 31.7 Å².